The van der Waals surface area contributed by atoms with Gasteiger partial charge in [-0.25, -0.2) is 0 Å². The lowest BCUT2D eigenvalue weighted by molar-refractivity contribution is -0.138. The zero-order chi connectivity index (χ0) is 11.7. The SMILES string of the molecule is CCOCCN(CC)C(CC)CC(=O)O. The average molecular weight is 217 g/mol. The molecule has 0 radical (unpaired) electrons. The van der Waals surface area contributed by atoms with Crippen LogP contribution in [-0.2, 0) is 9.53 Å². The maximum Gasteiger partial charge on any atom is 0.304 e. The van der Waals surface area contributed by atoms with Crippen LogP contribution in [0.5, 0.6) is 0 Å². The molecule has 0 saturated heterocycles. The third kappa shape index (κ3) is 6.47. The number of ether oxygens (including phenoxy) is 1. The van der Waals surface area contributed by atoms with Crippen LogP contribution in [0.1, 0.15) is 33.6 Å². The molecule has 90 valence electrons. The topological polar surface area (TPSA) is 49.8 Å². The fourth-order valence-corrected chi connectivity index (χ4v) is 1.66. The minimum absolute atomic E-state index is 0.132. The number of carboxylic acids is 1. The molecule has 0 saturated carbocycles. The van der Waals surface area contributed by atoms with Crippen LogP contribution in [-0.4, -0.2) is 48.3 Å². The molecule has 0 amide bonds. The molecule has 1 atom stereocenters. The first-order valence-electron chi connectivity index (χ1n) is 5.69. The van der Waals surface area contributed by atoms with Crippen molar-refractivity contribution in [1.29, 1.82) is 0 Å². The second kappa shape index (κ2) is 8.68. The third-order valence-corrected chi connectivity index (χ3v) is 2.53. The molecule has 0 bridgehead atoms. The Bertz CT molecular complexity index is 173. The molecule has 0 aromatic carbocycles. The highest BCUT2D eigenvalue weighted by molar-refractivity contribution is 5.67. The van der Waals surface area contributed by atoms with E-state index in [0.717, 1.165) is 19.5 Å². The van der Waals surface area contributed by atoms with Crippen molar-refractivity contribution in [2.24, 2.45) is 0 Å². The summed E-state index contributed by atoms with van der Waals surface area (Å²) in [5.74, 6) is -0.725. The van der Waals surface area contributed by atoms with E-state index in [1.807, 2.05) is 13.8 Å². The first-order valence-corrected chi connectivity index (χ1v) is 5.69. The van der Waals surface area contributed by atoms with Gasteiger partial charge in [0.1, 0.15) is 0 Å². The Labute approximate surface area is 92.2 Å². The lowest BCUT2D eigenvalue weighted by Crippen LogP contribution is -2.38. The molecular weight excluding hydrogens is 194 g/mol. The largest absolute Gasteiger partial charge is 0.481 e. The van der Waals surface area contributed by atoms with Gasteiger partial charge in [0.2, 0.25) is 0 Å². The Morgan fingerprint density at radius 3 is 2.47 bits per heavy atom. The van der Waals surface area contributed by atoms with Crippen molar-refractivity contribution in [3.8, 4) is 0 Å². The zero-order valence-corrected chi connectivity index (χ0v) is 10.0. The molecular formula is C11H23NO3. The highest BCUT2D eigenvalue weighted by Gasteiger charge is 2.17. The van der Waals surface area contributed by atoms with Gasteiger partial charge >= 0.3 is 5.97 Å². The minimum Gasteiger partial charge on any atom is -0.481 e. The predicted octanol–water partition coefficient (Wildman–Crippen LogP) is 1.60. The van der Waals surface area contributed by atoms with E-state index < -0.39 is 5.97 Å². The number of nitrogens with zero attached hydrogens (tertiary/aromatic N) is 1. The van der Waals surface area contributed by atoms with Crippen molar-refractivity contribution in [3.63, 3.8) is 0 Å². The van der Waals surface area contributed by atoms with Gasteiger partial charge in [-0.2, -0.15) is 0 Å². The lowest BCUT2D eigenvalue weighted by atomic mass is 10.1. The lowest BCUT2D eigenvalue weighted by Gasteiger charge is -2.28. The Morgan fingerprint density at radius 2 is 2.07 bits per heavy atom. The van der Waals surface area contributed by atoms with Crippen LogP contribution in [0.25, 0.3) is 0 Å². The Balaban J connectivity index is 4.02. The summed E-state index contributed by atoms with van der Waals surface area (Å²) < 4.78 is 5.28. The normalized spacial score (nSPS) is 13.1. The molecule has 0 rings (SSSR count). The standard InChI is InChI=1S/C11H23NO3/c1-4-10(9-11(13)14)12(5-2)7-8-15-6-3/h10H,4-9H2,1-3H3,(H,13,14). The van der Waals surface area contributed by atoms with Gasteiger partial charge in [0.15, 0.2) is 0 Å². The highest BCUT2D eigenvalue weighted by Crippen LogP contribution is 2.08. The maximum atomic E-state index is 10.7. The predicted molar refractivity (Wildman–Crippen MR) is 60.1 cm³/mol. The van der Waals surface area contributed by atoms with Crippen LogP contribution in [0, 0.1) is 0 Å². The van der Waals surface area contributed by atoms with Crippen LogP contribution < -0.4 is 0 Å². The second-order valence-corrected chi connectivity index (χ2v) is 3.49. The fourth-order valence-electron chi connectivity index (χ4n) is 1.66. The van der Waals surface area contributed by atoms with Crippen LogP contribution in [0.4, 0.5) is 0 Å². The molecule has 15 heavy (non-hydrogen) atoms. The number of hydrogen-bond donors (Lipinski definition) is 1. The van der Waals surface area contributed by atoms with E-state index in [2.05, 4.69) is 11.8 Å². The summed E-state index contributed by atoms with van der Waals surface area (Å²) in [5, 5.41) is 8.77. The summed E-state index contributed by atoms with van der Waals surface area (Å²) in [7, 11) is 0. The van der Waals surface area contributed by atoms with E-state index in [-0.39, 0.29) is 12.5 Å². The zero-order valence-electron chi connectivity index (χ0n) is 10.0. The molecule has 1 unspecified atom stereocenters. The number of carbonyl (C=O) groups is 1. The molecule has 1 N–H and O–H groups in total. The number of hydrogen-bond acceptors (Lipinski definition) is 3. The van der Waals surface area contributed by atoms with E-state index in [4.69, 9.17) is 9.84 Å². The first-order chi connectivity index (χ1) is 7.15. The summed E-state index contributed by atoms with van der Waals surface area (Å²) in [4.78, 5) is 12.8. The van der Waals surface area contributed by atoms with Crippen molar-refractivity contribution < 1.29 is 14.6 Å². The van der Waals surface area contributed by atoms with Crippen LogP contribution in [0.3, 0.4) is 0 Å². The summed E-state index contributed by atoms with van der Waals surface area (Å²) in [6, 6.07) is 0.132. The van der Waals surface area contributed by atoms with Gasteiger partial charge in [-0.3, -0.25) is 9.69 Å². The van der Waals surface area contributed by atoms with E-state index >= 15 is 0 Å². The van der Waals surface area contributed by atoms with Crippen molar-refractivity contribution in [1.82, 2.24) is 4.90 Å². The second-order valence-electron chi connectivity index (χ2n) is 3.49. The van der Waals surface area contributed by atoms with Crippen LogP contribution in [0.2, 0.25) is 0 Å². The first kappa shape index (κ1) is 14.4. The van der Waals surface area contributed by atoms with Gasteiger partial charge in [0.05, 0.1) is 13.0 Å². The monoisotopic (exact) mass is 217 g/mol. The van der Waals surface area contributed by atoms with Gasteiger partial charge in [0.25, 0.3) is 0 Å². The van der Waals surface area contributed by atoms with Crippen molar-refractivity contribution in [2.45, 2.75) is 39.7 Å². The Morgan fingerprint density at radius 1 is 1.40 bits per heavy atom. The molecule has 0 fully saturated rings. The van der Waals surface area contributed by atoms with Gasteiger partial charge in [-0.05, 0) is 19.9 Å². The average Bonchev–Trinajstić information content (AvgIpc) is 2.21. The summed E-state index contributed by atoms with van der Waals surface area (Å²) in [5.41, 5.74) is 0. The molecule has 4 heteroatoms. The molecule has 0 aromatic rings. The molecule has 0 heterocycles. The van der Waals surface area contributed by atoms with Crippen molar-refractivity contribution in [3.05, 3.63) is 0 Å². The summed E-state index contributed by atoms with van der Waals surface area (Å²) in [6.07, 6.45) is 1.09. The molecule has 0 aromatic heterocycles. The van der Waals surface area contributed by atoms with Crippen LogP contribution in [0.15, 0.2) is 0 Å². The van der Waals surface area contributed by atoms with Gasteiger partial charge in [-0.15, -0.1) is 0 Å². The smallest absolute Gasteiger partial charge is 0.304 e. The summed E-state index contributed by atoms with van der Waals surface area (Å²) in [6.45, 7) is 9.13. The van der Waals surface area contributed by atoms with E-state index in [0.29, 0.717) is 13.2 Å². The molecule has 0 aliphatic heterocycles. The molecule has 0 aliphatic rings. The third-order valence-electron chi connectivity index (χ3n) is 2.53. The Kier molecular flexibility index (Phi) is 8.33. The van der Waals surface area contributed by atoms with Crippen LogP contribution >= 0.6 is 0 Å². The Hall–Kier alpha value is -0.610. The molecule has 0 spiro atoms. The fraction of sp³-hybridized carbons (Fsp3) is 0.909. The molecule has 0 aliphatic carbocycles. The van der Waals surface area contributed by atoms with Crippen molar-refractivity contribution >= 4 is 5.97 Å². The quantitative estimate of drug-likeness (QED) is 0.596. The number of likely N-dealkylation sites (N-methyl/N-ethyl adjacent to an activating group) is 1. The van der Waals surface area contributed by atoms with E-state index in [1.54, 1.807) is 0 Å². The number of carboxylic acid groups (broad SMARTS) is 1. The van der Waals surface area contributed by atoms with Gasteiger partial charge < -0.3 is 9.84 Å². The van der Waals surface area contributed by atoms with E-state index in [9.17, 15) is 4.79 Å². The summed E-state index contributed by atoms with van der Waals surface area (Å²) >= 11 is 0. The number of aliphatic carboxylic acids is 1. The minimum atomic E-state index is -0.725. The maximum absolute atomic E-state index is 10.7. The van der Waals surface area contributed by atoms with Crippen molar-refractivity contribution in [2.75, 3.05) is 26.3 Å². The molecule has 4 nitrogen and oxygen atoms in total. The van der Waals surface area contributed by atoms with Gasteiger partial charge in [-0.1, -0.05) is 13.8 Å². The number of rotatable bonds is 9. The highest BCUT2D eigenvalue weighted by atomic mass is 16.5. The van der Waals surface area contributed by atoms with E-state index in [1.165, 1.54) is 0 Å². The van der Waals surface area contributed by atoms with Gasteiger partial charge in [0, 0.05) is 19.2 Å².